The van der Waals surface area contributed by atoms with Crippen LogP contribution in [0.25, 0.3) is 0 Å². The molecule has 2 rings (SSSR count). The topological polar surface area (TPSA) is 29.1 Å². The molecule has 1 atom stereocenters. The van der Waals surface area contributed by atoms with E-state index in [0.29, 0.717) is 5.41 Å². The minimum Gasteiger partial charge on any atom is -0.351 e. The standard InChI is InChI=1S/C14H25NO/c1-12(2)6-5-7-14(9-8-12)10-11(16)15-13(14,3)4/h5-10H2,1-4H3,(H,15,16). The molecule has 1 N–H and O–H groups in total. The number of rotatable bonds is 0. The van der Waals surface area contributed by atoms with Gasteiger partial charge in [0, 0.05) is 17.4 Å². The quantitative estimate of drug-likeness (QED) is 0.671. The summed E-state index contributed by atoms with van der Waals surface area (Å²) in [5.41, 5.74) is 0.674. The van der Waals surface area contributed by atoms with Crippen LogP contribution in [0.5, 0.6) is 0 Å². The van der Waals surface area contributed by atoms with Gasteiger partial charge in [-0.2, -0.15) is 0 Å². The molecular weight excluding hydrogens is 198 g/mol. The average Bonchev–Trinajstić information content (AvgIpc) is 2.26. The molecule has 0 bridgehead atoms. The first-order valence-electron chi connectivity index (χ1n) is 6.58. The molecule has 2 fully saturated rings. The Hall–Kier alpha value is -0.530. The van der Waals surface area contributed by atoms with E-state index < -0.39 is 0 Å². The van der Waals surface area contributed by atoms with Crippen LogP contribution in [0.15, 0.2) is 0 Å². The molecule has 2 heteroatoms. The Morgan fingerprint density at radius 3 is 2.25 bits per heavy atom. The molecule has 1 aliphatic heterocycles. The van der Waals surface area contributed by atoms with Crippen molar-refractivity contribution in [1.82, 2.24) is 5.32 Å². The molecule has 16 heavy (non-hydrogen) atoms. The third-order valence-corrected chi connectivity index (χ3v) is 5.07. The van der Waals surface area contributed by atoms with Crippen LogP contribution < -0.4 is 5.32 Å². The van der Waals surface area contributed by atoms with E-state index in [4.69, 9.17) is 0 Å². The van der Waals surface area contributed by atoms with Gasteiger partial charge < -0.3 is 5.32 Å². The van der Waals surface area contributed by atoms with Crippen LogP contribution in [0.2, 0.25) is 0 Å². The summed E-state index contributed by atoms with van der Waals surface area (Å²) in [6.07, 6.45) is 6.99. The van der Waals surface area contributed by atoms with Gasteiger partial charge in [-0.05, 0) is 44.9 Å². The number of carbonyl (C=O) groups is 1. The van der Waals surface area contributed by atoms with Gasteiger partial charge in [0.1, 0.15) is 0 Å². The lowest BCUT2D eigenvalue weighted by atomic mass is 9.67. The van der Waals surface area contributed by atoms with E-state index >= 15 is 0 Å². The highest BCUT2D eigenvalue weighted by molar-refractivity contribution is 5.80. The molecule has 1 amide bonds. The summed E-state index contributed by atoms with van der Waals surface area (Å²) < 4.78 is 0. The summed E-state index contributed by atoms with van der Waals surface area (Å²) in [6, 6.07) is 0. The average molecular weight is 223 g/mol. The maximum atomic E-state index is 11.7. The van der Waals surface area contributed by atoms with Gasteiger partial charge in [-0.1, -0.05) is 20.3 Å². The van der Waals surface area contributed by atoms with Crippen molar-refractivity contribution in [1.29, 1.82) is 0 Å². The van der Waals surface area contributed by atoms with Gasteiger partial charge in [0.15, 0.2) is 0 Å². The lowest BCUT2D eigenvalue weighted by Crippen LogP contribution is -2.46. The third-order valence-electron chi connectivity index (χ3n) is 5.07. The molecule has 1 aliphatic carbocycles. The minimum atomic E-state index is -0.00942. The second kappa shape index (κ2) is 3.48. The van der Waals surface area contributed by atoms with Crippen LogP contribution in [-0.4, -0.2) is 11.4 Å². The Labute approximate surface area is 99.2 Å². The zero-order valence-electron chi connectivity index (χ0n) is 11.2. The number of hydrogen-bond acceptors (Lipinski definition) is 1. The van der Waals surface area contributed by atoms with E-state index in [2.05, 4.69) is 33.0 Å². The van der Waals surface area contributed by atoms with Gasteiger partial charge in [0.05, 0.1) is 0 Å². The lowest BCUT2D eigenvalue weighted by molar-refractivity contribution is -0.120. The highest BCUT2D eigenvalue weighted by Crippen LogP contribution is 2.52. The van der Waals surface area contributed by atoms with Gasteiger partial charge in [-0.3, -0.25) is 4.79 Å². The highest BCUT2D eigenvalue weighted by atomic mass is 16.2. The SMILES string of the molecule is CC1(C)CCCC2(CC1)CC(=O)NC2(C)C. The molecule has 1 spiro atoms. The second-order valence-corrected chi connectivity index (χ2v) is 7.15. The lowest BCUT2D eigenvalue weighted by Gasteiger charge is -2.40. The Balaban J connectivity index is 2.22. The molecule has 0 aromatic rings. The van der Waals surface area contributed by atoms with E-state index in [1.807, 2.05) is 0 Å². The van der Waals surface area contributed by atoms with E-state index in [0.717, 1.165) is 6.42 Å². The van der Waals surface area contributed by atoms with Crippen molar-refractivity contribution in [3.05, 3.63) is 0 Å². The highest BCUT2D eigenvalue weighted by Gasteiger charge is 2.52. The third kappa shape index (κ3) is 1.87. The maximum absolute atomic E-state index is 11.7. The Morgan fingerprint density at radius 2 is 1.69 bits per heavy atom. The van der Waals surface area contributed by atoms with Gasteiger partial charge in [0.2, 0.25) is 5.91 Å². The van der Waals surface area contributed by atoms with Gasteiger partial charge in [-0.25, -0.2) is 0 Å². The predicted octanol–water partition coefficient (Wildman–Crippen LogP) is 3.26. The predicted molar refractivity (Wildman–Crippen MR) is 66.1 cm³/mol. The zero-order chi connectivity index (χ0) is 12.0. The van der Waals surface area contributed by atoms with Crippen molar-refractivity contribution in [3.63, 3.8) is 0 Å². The summed E-state index contributed by atoms with van der Waals surface area (Å²) in [5.74, 6) is 0.254. The largest absolute Gasteiger partial charge is 0.351 e. The Kier molecular flexibility index (Phi) is 2.60. The van der Waals surface area contributed by atoms with Gasteiger partial charge in [0.25, 0.3) is 0 Å². The molecule has 92 valence electrons. The van der Waals surface area contributed by atoms with Crippen molar-refractivity contribution in [3.8, 4) is 0 Å². The van der Waals surface area contributed by atoms with E-state index in [1.54, 1.807) is 0 Å². The van der Waals surface area contributed by atoms with Crippen molar-refractivity contribution >= 4 is 5.91 Å². The second-order valence-electron chi connectivity index (χ2n) is 7.15. The zero-order valence-corrected chi connectivity index (χ0v) is 11.2. The number of carbonyl (C=O) groups excluding carboxylic acids is 1. The van der Waals surface area contributed by atoms with Crippen LogP contribution in [-0.2, 0) is 4.79 Å². The van der Waals surface area contributed by atoms with E-state index in [1.165, 1.54) is 32.1 Å². The van der Waals surface area contributed by atoms with Crippen LogP contribution in [0.4, 0.5) is 0 Å². The van der Waals surface area contributed by atoms with Crippen LogP contribution in [0.3, 0.4) is 0 Å². The normalized spacial score (nSPS) is 37.1. The molecule has 0 radical (unpaired) electrons. The van der Waals surface area contributed by atoms with Crippen LogP contribution in [0.1, 0.15) is 66.2 Å². The summed E-state index contributed by atoms with van der Waals surface area (Å²) in [4.78, 5) is 11.7. The van der Waals surface area contributed by atoms with E-state index in [-0.39, 0.29) is 16.9 Å². The Morgan fingerprint density at radius 1 is 1.00 bits per heavy atom. The number of nitrogens with one attached hydrogen (secondary N) is 1. The first-order valence-corrected chi connectivity index (χ1v) is 6.58. The fraction of sp³-hybridized carbons (Fsp3) is 0.929. The Bertz CT molecular complexity index is 306. The summed E-state index contributed by atoms with van der Waals surface area (Å²) in [7, 11) is 0. The molecule has 2 aliphatic rings. The minimum absolute atomic E-state index is 0.00942. The first kappa shape index (κ1) is 11.9. The summed E-state index contributed by atoms with van der Waals surface area (Å²) in [5, 5.41) is 3.17. The molecule has 2 nitrogen and oxygen atoms in total. The molecule has 0 aromatic heterocycles. The molecule has 0 aromatic carbocycles. The van der Waals surface area contributed by atoms with E-state index in [9.17, 15) is 4.79 Å². The van der Waals surface area contributed by atoms with Crippen molar-refractivity contribution < 1.29 is 4.79 Å². The van der Waals surface area contributed by atoms with Gasteiger partial charge >= 0.3 is 0 Å². The number of amides is 1. The fourth-order valence-corrected chi connectivity index (χ4v) is 3.59. The first-order chi connectivity index (χ1) is 7.27. The van der Waals surface area contributed by atoms with Crippen LogP contribution >= 0.6 is 0 Å². The van der Waals surface area contributed by atoms with Crippen molar-refractivity contribution in [2.24, 2.45) is 10.8 Å². The fourth-order valence-electron chi connectivity index (χ4n) is 3.59. The summed E-state index contributed by atoms with van der Waals surface area (Å²) >= 11 is 0. The summed E-state index contributed by atoms with van der Waals surface area (Å²) in [6.45, 7) is 9.14. The molecule has 1 unspecified atom stereocenters. The monoisotopic (exact) mass is 223 g/mol. The number of hydrogen-bond donors (Lipinski definition) is 1. The molecular formula is C14H25NO. The molecule has 1 saturated carbocycles. The van der Waals surface area contributed by atoms with Crippen molar-refractivity contribution in [2.45, 2.75) is 71.8 Å². The maximum Gasteiger partial charge on any atom is 0.221 e. The molecule has 1 heterocycles. The van der Waals surface area contributed by atoms with Crippen molar-refractivity contribution in [2.75, 3.05) is 0 Å². The van der Waals surface area contributed by atoms with Crippen LogP contribution in [0, 0.1) is 10.8 Å². The smallest absolute Gasteiger partial charge is 0.221 e. The van der Waals surface area contributed by atoms with Gasteiger partial charge in [-0.15, -0.1) is 0 Å². The molecule has 1 saturated heterocycles.